The average Bonchev–Trinajstić information content (AvgIpc) is 2.32. The number of nitrogens with two attached hydrogens (primary N) is 2. The maximum absolute atomic E-state index is 11.6. The molecule has 0 radical (unpaired) electrons. The van der Waals surface area contributed by atoms with E-state index in [4.69, 9.17) is 23.1 Å². The van der Waals surface area contributed by atoms with Gasteiger partial charge in [0.15, 0.2) is 0 Å². The Morgan fingerprint density at radius 1 is 1.42 bits per heavy atom. The molecular formula is C14H20ClN3O. The number of nitrogens with zero attached hydrogens (tertiary/aromatic N) is 1. The maximum atomic E-state index is 11.6. The van der Waals surface area contributed by atoms with E-state index >= 15 is 0 Å². The molecule has 0 aliphatic carbocycles. The van der Waals surface area contributed by atoms with Gasteiger partial charge in [0.1, 0.15) is 0 Å². The summed E-state index contributed by atoms with van der Waals surface area (Å²) < 4.78 is 0. The third-order valence-electron chi connectivity index (χ3n) is 4.01. The molecule has 1 fully saturated rings. The fourth-order valence-electron chi connectivity index (χ4n) is 2.75. The van der Waals surface area contributed by atoms with Crippen LogP contribution in [0.3, 0.4) is 0 Å². The Morgan fingerprint density at radius 3 is 2.74 bits per heavy atom. The van der Waals surface area contributed by atoms with Gasteiger partial charge in [0.2, 0.25) is 0 Å². The predicted molar refractivity (Wildman–Crippen MR) is 79.6 cm³/mol. The van der Waals surface area contributed by atoms with Gasteiger partial charge in [0, 0.05) is 18.3 Å². The van der Waals surface area contributed by atoms with Crippen molar-refractivity contribution in [2.75, 3.05) is 17.2 Å². The van der Waals surface area contributed by atoms with Gasteiger partial charge in [-0.2, -0.15) is 0 Å². The predicted octanol–water partition coefficient (Wildman–Crippen LogP) is 2.65. The van der Waals surface area contributed by atoms with E-state index in [1.807, 2.05) is 0 Å². The number of nitrogen functional groups attached to an aromatic ring is 1. The number of rotatable bonds is 2. The van der Waals surface area contributed by atoms with E-state index in [0.29, 0.717) is 28.2 Å². The monoisotopic (exact) mass is 281 g/mol. The molecule has 1 heterocycles. The second-order valence-electron chi connectivity index (χ2n) is 5.32. The standard InChI is InChI=1S/C14H20ClN3O/c1-8-4-3-5-18(9(8)2)13-11(14(17)19)6-10(16)7-12(13)15/h6-9H,3-5,16H2,1-2H3,(H2,17,19). The number of piperidine rings is 1. The molecule has 0 saturated carbocycles. The highest BCUT2D eigenvalue weighted by Gasteiger charge is 2.29. The van der Waals surface area contributed by atoms with E-state index in [9.17, 15) is 4.79 Å². The molecule has 2 rings (SSSR count). The minimum absolute atomic E-state index is 0.327. The zero-order valence-electron chi connectivity index (χ0n) is 11.3. The Balaban J connectivity index is 2.51. The molecule has 104 valence electrons. The normalized spacial score (nSPS) is 23.4. The van der Waals surface area contributed by atoms with Gasteiger partial charge in [0.05, 0.1) is 16.3 Å². The molecule has 0 spiro atoms. The van der Waals surface area contributed by atoms with Crippen molar-refractivity contribution in [2.45, 2.75) is 32.7 Å². The summed E-state index contributed by atoms with van der Waals surface area (Å²) in [4.78, 5) is 13.8. The molecule has 2 unspecified atom stereocenters. The summed E-state index contributed by atoms with van der Waals surface area (Å²) >= 11 is 6.30. The van der Waals surface area contributed by atoms with Crippen LogP contribution in [0.2, 0.25) is 5.02 Å². The third kappa shape index (κ3) is 2.63. The van der Waals surface area contributed by atoms with E-state index in [0.717, 1.165) is 18.7 Å². The number of primary amides is 1. The molecule has 1 aromatic carbocycles. The minimum Gasteiger partial charge on any atom is -0.399 e. The molecule has 1 aliphatic rings. The van der Waals surface area contributed by atoms with Gasteiger partial charge in [-0.25, -0.2) is 0 Å². The lowest BCUT2D eigenvalue weighted by molar-refractivity contribution is 0.100. The van der Waals surface area contributed by atoms with Crippen LogP contribution in [0, 0.1) is 5.92 Å². The molecule has 19 heavy (non-hydrogen) atoms. The second kappa shape index (κ2) is 5.29. The van der Waals surface area contributed by atoms with Crippen molar-refractivity contribution in [1.29, 1.82) is 0 Å². The number of amides is 1. The SMILES string of the molecule is CC1CCCN(c2c(Cl)cc(N)cc2C(N)=O)C1C. The van der Waals surface area contributed by atoms with Crippen LogP contribution in [0.4, 0.5) is 11.4 Å². The Morgan fingerprint density at radius 2 is 2.11 bits per heavy atom. The molecule has 0 bridgehead atoms. The first kappa shape index (κ1) is 14.0. The van der Waals surface area contributed by atoms with Crippen LogP contribution in [0.15, 0.2) is 12.1 Å². The molecule has 1 aromatic rings. The van der Waals surface area contributed by atoms with Crippen molar-refractivity contribution in [3.8, 4) is 0 Å². The number of hydrogen-bond donors (Lipinski definition) is 2. The zero-order valence-corrected chi connectivity index (χ0v) is 12.1. The lowest BCUT2D eigenvalue weighted by Crippen LogP contribution is -2.43. The fourth-order valence-corrected chi connectivity index (χ4v) is 3.09. The number of hydrogen-bond acceptors (Lipinski definition) is 3. The zero-order chi connectivity index (χ0) is 14.2. The quantitative estimate of drug-likeness (QED) is 0.819. The average molecular weight is 282 g/mol. The Bertz CT molecular complexity index is 504. The Labute approximate surface area is 118 Å². The van der Waals surface area contributed by atoms with E-state index < -0.39 is 5.91 Å². The van der Waals surface area contributed by atoms with Crippen molar-refractivity contribution >= 4 is 28.9 Å². The lowest BCUT2D eigenvalue weighted by Gasteiger charge is -2.40. The number of carbonyl (C=O) groups is 1. The number of carbonyl (C=O) groups excluding carboxylic acids is 1. The second-order valence-corrected chi connectivity index (χ2v) is 5.72. The van der Waals surface area contributed by atoms with Crippen molar-refractivity contribution in [3.63, 3.8) is 0 Å². The van der Waals surface area contributed by atoms with Crippen LogP contribution in [-0.2, 0) is 0 Å². The molecular weight excluding hydrogens is 262 g/mol. The van der Waals surface area contributed by atoms with Crippen LogP contribution in [0.1, 0.15) is 37.0 Å². The highest BCUT2D eigenvalue weighted by molar-refractivity contribution is 6.34. The van der Waals surface area contributed by atoms with Gasteiger partial charge in [0.25, 0.3) is 5.91 Å². The van der Waals surface area contributed by atoms with Crippen molar-refractivity contribution in [1.82, 2.24) is 0 Å². The Hall–Kier alpha value is -1.42. The topological polar surface area (TPSA) is 72.3 Å². The van der Waals surface area contributed by atoms with Crippen LogP contribution in [0.25, 0.3) is 0 Å². The highest BCUT2D eigenvalue weighted by Crippen LogP contribution is 2.37. The molecule has 0 aromatic heterocycles. The van der Waals surface area contributed by atoms with Crippen LogP contribution < -0.4 is 16.4 Å². The largest absolute Gasteiger partial charge is 0.399 e. The maximum Gasteiger partial charge on any atom is 0.250 e. The molecule has 1 saturated heterocycles. The van der Waals surface area contributed by atoms with Gasteiger partial charge in [-0.15, -0.1) is 0 Å². The van der Waals surface area contributed by atoms with Crippen molar-refractivity contribution < 1.29 is 4.79 Å². The third-order valence-corrected chi connectivity index (χ3v) is 4.30. The van der Waals surface area contributed by atoms with Crippen LogP contribution in [0.5, 0.6) is 0 Å². The van der Waals surface area contributed by atoms with Crippen LogP contribution in [-0.4, -0.2) is 18.5 Å². The van der Waals surface area contributed by atoms with E-state index in [-0.39, 0.29) is 0 Å². The van der Waals surface area contributed by atoms with Gasteiger partial charge >= 0.3 is 0 Å². The van der Waals surface area contributed by atoms with Crippen LogP contribution >= 0.6 is 11.6 Å². The molecule has 1 amide bonds. The summed E-state index contributed by atoms with van der Waals surface area (Å²) in [6.07, 6.45) is 2.28. The molecule has 2 atom stereocenters. The number of benzene rings is 1. The summed E-state index contributed by atoms with van der Waals surface area (Å²) in [6, 6.07) is 3.61. The smallest absolute Gasteiger partial charge is 0.250 e. The van der Waals surface area contributed by atoms with E-state index in [1.165, 1.54) is 6.42 Å². The Kier molecular flexibility index (Phi) is 3.90. The van der Waals surface area contributed by atoms with Gasteiger partial charge in [-0.1, -0.05) is 18.5 Å². The minimum atomic E-state index is -0.491. The van der Waals surface area contributed by atoms with Gasteiger partial charge in [-0.05, 0) is 37.8 Å². The summed E-state index contributed by atoms with van der Waals surface area (Å²) in [5.41, 5.74) is 12.8. The van der Waals surface area contributed by atoms with Gasteiger partial charge < -0.3 is 16.4 Å². The summed E-state index contributed by atoms with van der Waals surface area (Å²) in [5.74, 6) is 0.0673. The first-order chi connectivity index (χ1) is 8.91. The summed E-state index contributed by atoms with van der Waals surface area (Å²) in [6.45, 7) is 5.25. The van der Waals surface area contributed by atoms with E-state index in [2.05, 4.69) is 18.7 Å². The van der Waals surface area contributed by atoms with Crippen molar-refractivity contribution in [3.05, 3.63) is 22.7 Å². The lowest BCUT2D eigenvalue weighted by atomic mass is 9.91. The molecule has 5 heteroatoms. The fraction of sp³-hybridized carbons (Fsp3) is 0.500. The molecule has 4 N–H and O–H groups in total. The highest BCUT2D eigenvalue weighted by atomic mass is 35.5. The first-order valence-corrected chi connectivity index (χ1v) is 6.95. The van der Waals surface area contributed by atoms with E-state index in [1.54, 1.807) is 12.1 Å². The summed E-state index contributed by atoms with van der Waals surface area (Å²) in [5, 5.41) is 0.495. The van der Waals surface area contributed by atoms with Crippen molar-refractivity contribution in [2.24, 2.45) is 11.7 Å². The first-order valence-electron chi connectivity index (χ1n) is 6.57. The number of anilines is 2. The molecule has 1 aliphatic heterocycles. The summed E-state index contributed by atoms with van der Waals surface area (Å²) in [7, 11) is 0. The molecule has 4 nitrogen and oxygen atoms in total. The van der Waals surface area contributed by atoms with Gasteiger partial charge in [-0.3, -0.25) is 4.79 Å². The number of halogens is 1.